The van der Waals surface area contributed by atoms with Crippen molar-refractivity contribution in [2.75, 3.05) is 37.5 Å². The molecule has 0 aliphatic rings. The van der Waals surface area contributed by atoms with Crippen molar-refractivity contribution in [3.8, 4) is 22.8 Å². The Kier molecular flexibility index (Phi) is 6.72. The van der Waals surface area contributed by atoms with Gasteiger partial charge in [-0.2, -0.15) is 0 Å². The molecule has 0 saturated carbocycles. The van der Waals surface area contributed by atoms with Gasteiger partial charge < -0.3 is 14.4 Å². The maximum absolute atomic E-state index is 12.6. The molecule has 1 heterocycles. The van der Waals surface area contributed by atoms with Gasteiger partial charge in [0.2, 0.25) is 0 Å². The Morgan fingerprint density at radius 2 is 1.72 bits per heavy atom. The molecular weight excluding hydrogens is 386 g/mol. The standard InChI is InChI=1S/C22H25N3O3S/c1-5-25(6-2)17-10-7-15(8-11-17)21(26)24-22-23-18(14-29-22)16-9-12-19(27-3)20(13-16)28-4/h7-14H,5-6H2,1-4H3,(H,23,24,26). The van der Waals surface area contributed by atoms with Gasteiger partial charge in [0, 0.05) is 35.3 Å². The largest absolute Gasteiger partial charge is 0.493 e. The third-order valence-electron chi connectivity index (χ3n) is 4.66. The number of carbonyl (C=O) groups excluding carboxylic acids is 1. The minimum atomic E-state index is -0.177. The third kappa shape index (κ3) is 4.68. The van der Waals surface area contributed by atoms with E-state index in [1.54, 1.807) is 14.2 Å². The lowest BCUT2D eigenvalue weighted by molar-refractivity contribution is 0.102. The van der Waals surface area contributed by atoms with Crippen molar-refractivity contribution in [1.29, 1.82) is 0 Å². The fraction of sp³-hybridized carbons (Fsp3) is 0.273. The fourth-order valence-electron chi connectivity index (χ4n) is 3.04. The Bertz CT molecular complexity index is 966. The number of methoxy groups -OCH3 is 2. The molecule has 0 atom stereocenters. The Labute approximate surface area is 175 Å². The van der Waals surface area contributed by atoms with Gasteiger partial charge in [0.1, 0.15) is 0 Å². The number of benzene rings is 2. The van der Waals surface area contributed by atoms with Crippen LogP contribution >= 0.6 is 11.3 Å². The van der Waals surface area contributed by atoms with Crippen LogP contribution in [0.5, 0.6) is 11.5 Å². The van der Waals surface area contributed by atoms with Gasteiger partial charge in [-0.05, 0) is 56.3 Å². The Balaban J connectivity index is 1.72. The van der Waals surface area contributed by atoms with E-state index in [2.05, 4.69) is 29.0 Å². The predicted octanol–water partition coefficient (Wildman–Crippen LogP) is 4.93. The summed E-state index contributed by atoms with van der Waals surface area (Å²) in [5.74, 6) is 1.12. The maximum Gasteiger partial charge on any atom is 0.257 e. The summed E-state index contributed by atoms with van der Waals surface area (Å²) in [7, 11) is 3.20. The topological polar surface area (TPSA) is 63.7 Å². The van der Waals surface area contributed by atoms with E-state index in [-0.39, 0.29) is 5.91 Å². The van der Waals surface area contributed by atoms with Crippen LogP contribution in [0.2, 0.25) is 0 Å². The summed E-state index contributed by atoms with van der Waals surface area (Å²) in [6.45, 7) is 6.09. The molecule has 152 valence electrons. The van der Waals surface area contributed by atoms with Crippen molar-refractivity contribution in [1.82, 2.24) is 4.98 Å². The number of carbonyl (C=O) groups is 1. The zero-order valence-corrected chi connectivity index (χ0v) is 17.9. The third-order valence-corrected chi connectivity index (χ3v) is 5.42. The van der Waals surface area contributed by atoms with E-state index in [1.165, 1.54) is 11.3 Å². The average molecular weight is 412 g/mol. The van der Waals surface area contributed by atoms with E-state index in [1.807, 2.05) is 47.8 Å². The van der Waals surface area contributed by atoms with Crippen LogP contribution in [0.15, 0.2) is 47.8 Å². The highest BCUT2D eigenvalue weighted by Crippen LogP contribution is 2.33. The first-order valence-electron chi connectivity index (χ1n) is 9.43. The number of rotatable bonds is 8. The van der Waals surface area contributed by atoms with Gasteiger partial charge in [-0.25, -0.2) is 4.98 Å². The minimum absolute atomic E-state index is 0.177. The molecule has 2 aromatic carbocycles. The van der Waals surface area contributed by atoms with E-state index in [0.717, 1.165) is 30.0 Å². The van der Waals surface area contributed by atoms with Gasteiger partial charge in [0.15, 0.2) is 16.6 Å². The van der Waals surface area contributed by atoms with E-state index in [0.29, 0.717) is 22.2 Å². The van der Waals surface area contributed by atoms with Crippen molar-refractivity contribution in [2.24, 2.45) is 0 Å². The second-order valence-electron chi connectivity index (χ2n) is 6.28. The highest BCUT2D eigenvalue weighted by atomic mass is 32.1. The lowest BCUT2D eigenvalue weighted by Gasteiger charge is -2.20. The second kappa shape index (κ2) is 9.43. The van der Waals surface area contributed by atoms with Gasteiger partial charge in [-0.3, -0.25) is 10.1 Å². The van der Waals surface area contributed by atoms with Gasteiger partial charge in [-0.1, -0.05) is 0 Å². The Morgan fingerprint density at radius 3 is 2.34 bits per heavy atom. The highest BCUT2D eigenvalue weighted by molar-refractivity contribution is 7.14. The van der Waals surface area contributed by atoms with Crippen molar-refractivity contribution in [2.45, 2.75) is 13.8 Å². The van der Waals surface area contributed by atoms with Crippen molar-refractivity contribution in [3.05, 3.63) is 53.4 Å². The van der Waals surface area contributed by atoms with Gasteiger partial charge in [-0.15, -0.1) is 11.3 Å². The fourth-order valence-corrected chi connectivity index (χ4v) is 3.76. The monoisotopic (exact) mass is 411 g/mol. The van der Waals surface area contributed by atoms with Gasteiger partial charge >= 0.3 is 0 Å². The summed E-state index contributed by atoms with van der Waals surface area (Å²) in [6.07, 6.45) is 0. The first kappa shape index (κ1) is 20.7. The Hall–Kier alpha value is -3.06. The zero-order valence-electron chi connectivity index (χ0n) is 17.1. The number of ether oxygens (including phenoxy) is 2. The molecule has 0 bridgehead atoms. The van der Waals surface area contributed by atoms with Crippen LogP contribution in [0, 0.1) is 0 Å². The smallest absolute Gasteiger partial charge is 0.257 e. The first-order chi connectivity index (χ1) is 14.1. The van der Waals surface area contributed by atoms with E-state index in [4.69, 9.17) is 9.47 Å². The summed E-state index contributed by atoms with van der Waals surface area (Å²) in [4.78, 5) is 19.3. The second-order valence-corrected chi connectivity index (χ2v) is 7.14. The molecule has 1 aromatic heterocycles. The predicted molar refractivity (Wildman–Crippen MR) is 119 cm³/mol. The molecule has 1 N–H and O–H groups in total. The molecule has 29 heavy (non-hydrogen) atoms. The first-order valence-corrected chi connectivity index (χ1v) is 10.3. The van der Waals surface area contributed by atoms with Crippen LogP contribution in [-0.4, -0.2) is 38.2 Å². The van der Waals surface area contributed by atoms with Crippen molar-refractivity contribution in [3.63, 3.8) is 0 Å². The number of nitrogens with zero attached hydrogens (tertiary/aromatic N) is 2. The lowest BCUT2D eigenvalue weighted by atomic mass is 10.1. The molecule has 3 rings (SSSR count). The SMILES string of the molecule is CCN(CC)c1ccc(C(=O)Nc2nc(-c3ccc(OC)c(OC)c3)cs2)cc1. The number of amides is 1. The number of hydrogen-bond acceptors (Lipinski definition) is 6. The molecule has 1 amide bonds. The van der Waals surface area contributed by atoms with Crippen LogP contribution in [0.3, 0.4) is 0 Å². The molecule has 3 aromatic rings. The molecule has 6 nitrogen and oxygen atoms in total. The summed E-state index contributed by atoms with van der Waals surface area (Å²) in [6, 6.07) is 13.2. The molecule has 0 spiro atoms. The van der Waals surface area contributed by atoms with Gasteiger partial charge in [0.05, 0.1) is 19.9 Å². The number of hydrogen-bond donors (Lipinski definition) is 1. The van der Waals surface area contributed by atoms with E-state index >= 15 is 0 Å². The zero-order chi connectivity index (χ0) is 20.8. The molecule has 7 heteroatoms. The number of aromatic nitrogens is 1. The van der Waals surface area contributed by atoms with Crippen LogP contribution in [0.4, 0.5) is 10.8 Å². The quantitative estimate of drug-likeness (QED) is 0.570. The highest BCUT2D eigenvalue weighted by Gasteiger charge is 2.12. The number of anilines is 2. The number of nitrogens with one attached hydrogen (secondary N) is 1. The summed E-state index contributed by atoms with van der Waals surface area (Å²) in [5, 5.41) is 5.33. The molecular formula is C22H25N3O3S. The number of thiazole rings is 1. The summed E-state index contributed by atoms with van der Waals surface area (Å²) >= 11 is 1.38. The van der Waals surface area contributed by atoms with Crippen LogP contribution in [-0.2, 0) is 0 Å². The Morgan fingerprint density at radius 1 is 1.03 bits per heavy atom. The molecule has 0 radical (unpaired) electrons. The minimum Gasteiger partial charge on any atom is -0.493 e. The normalized spacial score (nSPS) is 10.5. The molecule has 0 aliphatic carbocycles. The molecule has 0 unspecified atom stereocenters. The van der Waals surface area contributed by atoms with Gasteiger partial charge in [0.25, 0.3) is 5.91 Å². The summed E-state index contributed by atoms with van der Waals surface area (Å²) in [5.41, 5.74) is 3.37. The molecule has 0 saturated heterocycles. The van der Waals surface area contributed by atoms with Crippen molar-refractivity contribution < 1.29 is 14.3 Å². The van der Waals surface area contributed by atoms with Crippen LogP contribution < -0.4 is 19.7 Å². The van der Waals surface area contributed by atoms with Crippen molar-refractivity contribution >= 4 is 28.1 Å². The van der Waals surface area contributed by atoms with E-state index in [9.17, 15) is 4.79 Å². The lowest BCUT2D eigenvalue weighted by Crippen LogP contribution is -2.21. The molecule has 0 fully saturated rings. The van der Waals surface area contributed by atoms with E-state index < -0.39 is 0 Å². The maximum atomic E-state index is 12.6. The molecule has 0 aliphatic heterocycles. The summed E-state index contributed by atoms with van der Waals surface area (Å²) < 4.78 is 10.6. The van der Waals surface area contributed by atoms with Crippen LogP contribution in [0.25, 0.3) is 11.3 Å². The average Bonchev–Trinajstić information content (AvgIpc) is 3.23. The van der Waals surface area contributed by atoms with Crippen LogP contribution in [0.1, 0.15) is 24.2 Å².